The molecule has 6 nitrogen and oxygen atoms in total. The van der Waals surface area contributed by atoms with E-state index in [0.29, 0.717) is 23.5 Å². The van der Waals surface area contributed by atoms with Crippen LogP contribution in [0.25, 0.3) is 11.0 Å². The van der Waals surface area contributed by atoms with Crippen molar-refractivity contribution in [1.82, 2.24) is 0 Å². The minimum absolute atomic E-state index is 0.0416. The van der Waals surface area contributed by atoms with Gasteiger partial charge in [0.15, 0.2) is 0 Å². The number of fused-ring (bicyclic) bond motifs is 1. The van der Waals surface area contributed by atoms with E-state index < -0.39 is 5.91 Å². The molecule has 1 amide bonds. The lowest BCUT2D eigenvalue weighted by molar-refractivity contribution is -0.142. The Kier molecular flexibility index (Phi) is 5.81. The Hall–Kier alpha value is -2.80. The molecule has 0 atom stereocenters. The maximum absolute atomic E-state index is 11.8. The number of carbonyl (C=O) groups is 2. The van der Waals surface area contributed by atoms with Crippen molar-refractivity contribution in [2.75, 3.05) is 6.61 Å². The molecule has 0 fully saturated rings. The molecule has 0 aliphatic heterocycles. The summed E-state index contributed by atoms with van der Waals surface area (Å²) in [6.45, 7) is 2.25. The van der Waals surface area contributed by atoms with E-state index in [9.17, 15) is 9.59 Å². The van der Waals surface area contributed by atoms with Crippen LogP contribution in [0.4, 0.5) is 0 Å². The number of furan rings is 1. The monoisotopic (exact) mass is 431 g/mol. The number of halogens is 1. The van der Waals surface area contributed by atoms with Crippen LogP contribution in [0.2, 0.25) is 0 Å². The van der Waals surface area contributed by atoms with E-state index in [2.05, 4.69) is 15.9 Å². The third kappa shape index (κ3) is 4.49. The second kappa shape index (κ2) is 8.26. The number of primary amides is 1. The number of nitrogens with two attached hydrogens (primary N) is 1. The number of rotatable bonds is 7. The molecule has 0 saturated carbocycles. The van der Waals surface area contributed by atoms with Gasteiger partial charge in [0.1, 0.15) is 17.9 Å². The topological polar surface area (TPSA) is 91.8 Å². The second-order valence-electron chi connectivity index (χ2n) is 5.86. The molecule has 7 heteroatoms. The summed E-state index contributed by atoms with van der Waals surface area (Å²) in [6.07, 6.45) is 1.67. The zero-order chi connectivity index (χ0) is 19.4. The molecule has 1 heterocycles. The Morgan fingerprint density at radius 2 is 1.96 bits per heavy atom. The van der Waals surface area contributed by atoms with Gasteiger partial charge in [0, 0.05) is 26.5 Å². The SMILES string of the molecule is CCOC(=O)Cc1ccc(C(N)=O)cc1OCc1coc2ccc(Br)cc12. The molecule has 2 N–H and O–H groups in total. The summed E-state index contributed by atoms with van der Waals surface area (Å²) in [5.74, 6) is -0.532. The van der Waals surface area contributed by atoms with Gasteiger partial charge in [0.05, 0.1) is 19.3 Å². The summed E-state index contributed by atoms with van der Waals surface area (Å²) in [4.78, 5) is 23.3. The second-order valence-corrected chi connectivity index (χ2v) is 6.77. The molecule has 140 valence electrons. The Balaban J connectivity index is 1.86. The highest BCUT2D eigenvalue weighted by atomic mass is 79.9. The molecule has 0 bridgehead atoms. The number of hydrogen-bond acceptors (Lipinski definition) is 5. The van der Waals surface area contributed by atoms with Crippen molar-refractivity contribution in [3.05, 3.63) is 63.8 Å². The fraction of sp³-hybridized carbons (Fsp3) is 0.200. The van der Waals surface area contributed by atoms with Gasteiger partial charge in [-0.05, 0) is 37.3 Å². The molecule has 3 aromatic rings. The van der Waals surface area contributed by atoms with Crippen LogP contribution in [-0.4, -0.2) is 18.5 Å². The highest BCUT2D eigenvalue weighted by Gasteiger charge is 2.14. The minimum Gasteiger partial charge on any atom is -0.488 e. The van der Waals surface area contributed by atoms with E-state index in [1.807, 2.05) is 18.2 Å². The maximum Gasteiger partial charge on any atom is 0.310 e. The zero-order valence-electron chi connectivity index (χ0n) is 14.7. The fourth-order valence-corrected chi connectivity index (χ4v) is 3.04. The summed E-state index contributed by atoms with van der Waals surface area (Å²) in [7, 11) is 0. The molecule has 0 radical (unpaired) electrons. The third-order valence-corrected chi connectivity index (χ3v) is 4.48. The van der Waals surface area contributed by atoms with E-state index in [0.717, 1.165) is 21.0 Å². The van der Waals surface area contributed by atoms with Crippen LogP contribution in [0.5, 0.6) is 5.75 Å². The lowest BCUT2D eigenvalue weighted by Gasteiger charge is -2.12. The molecule has 27 heavy (non-hydrogen) atoms. The molecule has 0 spiro atoms. The summed E-state index contributed by atoms with van der Waals surface area (Å²) in [5, 5.41) is 0.919. The maximum atomic E-state index is 11.8. The molecule has 3 rings (SSSR count). The van der Waals surface area contributed by atoms with Crippen molar-refractivity contribution in [2.45, 2.75) is 20.0 Å². The standard InChI is InChI=1S/C20H18BrNO5/c1-2-25-19(23)8-12-3-4-13(20(22)24)7-18(12)27-11-14-10-26-17-6-5-15(21)9-16(14)17/h3-7,9-10H,2,8,11H2,1H3,(H2,22,24). The Bertz CT molecular complexity index is 995. The first-order valence-electron chi connectivity index (χ1n) is 8.34. The van der Waals surface area contributed by atoms with E-state index in [4.69, 9.17) is 19.6 Å². The average Bonchev–Trinajstić information content (AvgIpc) is 3.03. The van der Waals surface area contributed by atoms with Gasteiger partial charge >= 0.3 is 5.97 Å². The van der Waals surface area contributed by atoms with Crippen molar-refractivity contribution >= 4 is 38.8 Å². The van der Waals surface area contributed by atoms with Crippen LogP contribution in [0.3, 0.4) is 0 Å². The first-order valence-corrected chi connectivity index (χ1v) is 9.14. The van der Waals surface area contributed by atoms with E-state index in [-0.39, 0.29) is 19.0 Å². The zero-order valence-corrected chi connectivity index (χ0v) is 16.2. The highest BCUT2D eigenvalue weighted by molar-refractivity contribution is 9.10. The van der Waals surface area contributed by atoms with Gasteiger partial charge in [-0.3, -0.25) is 9.59 Å². The molecule has 0 aliphatic carbocycles. The van der Waals surface area contributed by atoms with Crippen LogP contribution < -0.4 is 10.5 Å². The van der Waals surface area contributed by atoms with Crippen LogP contribution >= 0.6 is 15.9 Å². The molecule has 2 aromatic carbocycles. The summed E-state index contributed by atoms with van der Waals surface area (Å²) < 4.78 is 17.4. The van der Waals surface area contributed by atoms with Gasteiger partial charge in [0.2, 0.25) is 5.91 Å². The number of benzene rings is 2. The van der Waals surface area contributed by atoms with Crippen LogP contribution in [0, 0.1) is 0 Å². The normalized spacial score (nSPS) is 10.7. The van der Waals surface area contributed by atoms with E-state index in [1.165, 1.54) is 6.07 Å². The molecule has 1 aromatic heterocycles. The Labute approximate surface area is 164 Å². The van der Waals surface area contributed by atoms with Gasteiger partial charge in [0.25, 0.3) is 0 Å². The lowest BCUT2D eigenvalue weighted by Crippen LogP contribution is -2.13. The van der Waals surface area contributed by atoms with Crippen molar-refractivity contribution < 1.29 is 23.5 Å². The number of amides is 1. The number of carbonyl (C=O) groups excluding carboxylic acids is 2. The molecule has 0 aliphatic rings. The van der Waals surface area contributed by atoms with E-state index in [1.54, 1.807) is 25.3 Å². The quantitative estimate of drug-likeness (QED) is 0.571. The smallest absolute Gasteiger partial charge is 0.310 e. The first-order chi connectivity index (χ1) is 13.0. The fourth-order valence-electron chi connectivity index (χ4n) is 2.68. The Morgan fingerprint density at radius 1 is 1.15 bits per heavy atom. The number of hydrogen-bond donors (Lipinski definition) is 1. The highest BCUT2D eigenvalue weighted by Crippen LogP contribution is 2.28. The van der Waals surface area contributed by atoms with Gasteiger partial charge in [-0.1, -0.05) is 22.0 Å². The lowest BCUT2D eigenvalue weighted by atomic mass is 10.1. The number of esters is 1. The van der Waals surface area contributed by atoms with Crippen LogP contribution in [0.1, 0.15) is 28.4 Å². The summed E-state index contributed by atoms with van der Waals surface area (Å²) in [6, 6.07) is 10.4. The van der Waals surface area contributed by atoms with Crippen LogP contribution in [-0.2, 0) is 22.6 Å². The van der Waals surface area contributed by atoms with Crippen molar-refractivity contribution in [3.63, 3.8) is 0 Å². The van der Waals surface area contributed by atoms with Gasteiger partial charge < -0.3 is 19.6 Å². The first kappa shape index (κ1) is 19.0. The van der Waals surface area contributed by atoms with Crippen molar-refractivity contribution in [1.29, 1.82) is 0 Å². The van der Waals surface area contributed by atoms with E-state index >= 15 is 0 Å². The molecular weight excluding hydrogens is 414 g/mol. The van der Waals surface area contributed by atoms with Gasteiger partial charge in [-0.25, -0.2) is 0 Å². The molecule has 0 saturated heterocycles. The Morgan fingerprint density at radius 3 is 2.70 bits per heavy atom. The van der Waals surface area contributed by atoms with Crippen molar-refractivity contribution in [2.24, 2.45) is 5.73 Å². The largest absolute Gasteiger partial charge is 0.488 e. The molecule has 0 unspecified atom stereocenters. The molecular formula is C20H18BrNO5. The van der Waals surface area contributed by atoms with Gasteiger partial charge in [-0.15, -0.1) is 0 Å². The predicted molar refractivity (Wildman–Crippen MR) is 104 cm³/mol. The van der Waals surface area contributed by atoms with Crippen LogP contribution in [0.15, 0.2) is 51.6 Å². The predicted octanol–water partition coefficient (Wildman–Crippen LogP) is 3.98. The summed E-state index contributed by atoms with van der Waals surface area (Å²) >= 11 is 3.44. The van der Waals surface area contributed by atoms with Gasteiger partial charge in [-0.2, -0.15) is 0 Å². The minimum atomic E-state index is -0.569. The average molecular weight is 432 g/mol. The summed E-state index contributed by atoms with van der Waals surface area (Å²) in [5.41, 5.74) is 7.87. The van der Waals surface area contributed by atoms with Crippen molar-refractivity contribution in [3.8, 4) is 5.75 Å². The number of ether oxygens (including phenoxy) is 2. The third-order valence-electron chi connectivity index (χ3n) is 3.99.